The van der Waals surface area contributed by atoms with Crippen molar-refractivity contribution >= 4 is 44.0 Å². The number of nitriles is 1. The third kappa shape index (κ3) is 5.53. The maximum Gasteiger partial charge on any atom is 0.282 e. The van der Waals surface area contributed by atoms with Gasteiger partial charge in [0.2, 0.25) is 5.82 Å². The number of hydrogen-bond donors (Lipinski definition) is 0. The predicted octanol–water partition coefficient (Wildman–Crippen LogP) is 7.31. The van der Waals surface area contributed by atoms with Crippen molar-refractivity contribution in [2.45, 2.75) is 13.5 Å². The molecule has 0 bridgehead atoms. The largest absolute Gasteiger partial charge is 0.496 e. The molecule has 218 valence electrons. The van der Waals surface area contributed by atoms with Gasteiger partial charge in [-0.3, -0.25) is 4.79 Å². The third-order valence-corrected chi connectivity index (χ3v) is 7.47. The van der Waals surface area contributed by atoms with Gasteiger partial charge in [-0.25, -0.2) is 4.98 Å². The van der Waals surface area contributed by atoms with Crippen LogP contribution in [0.5, 0.6) is 17.2 Å². The van der Waals surface area contributed by atoms with E-state index in [0.717, 1.165) is 10.9 Å². The summed E-state index contributed by atoms with van der Waals surface area (Å²) < 4.78 is 25.5. The molecule has 6 aromatic rings. The SMILES string of the molecule is CCOc1cc(C=Nn2c(-c3cc4c(OC)cccc4o3)nc3ccccc3c2=O)cc(Br)c1OCc1ccccc1C#N. The first kappa shape index (κ1) is 28.7. The number of fused-ring (bicyclic) bond motifs is 2. The minimum atomic E-state index is -0.352. The Morgan fingerprint density at radius 3 is 2.64 bits per heavy atom. The van der Waals surface area contributed by atoms with Crippen molar-refractivity contribution in [2.24, 2.45) is 5.10 Å². The second-order valence-electron chi connectivity index (χ2n) is 9.62. The van der Waals surface area contributed by atoms with Crippen molar-refractivity contribution in [2.75, 3.05) is 13.7 Å². The number of benzene rings is 4. The number of rotatable bonds is 9. The molecule has 0 N–H and O–H groups in total. The Kier molecular flexibility index (Phi) is 8.12. The van der Waals surface area contributed by atoms with E-state index in [0.29, 0.717) is 61.7 Å². The first-order chi connectivity index (χ1) is 21.5. The molecule has 0 amide bonds. The molecule has 6 rings (SSSR count). The van der Waals surface area contributed by atoms with Crippen LogP contribution in [0.1, 0.15) is 23.6 Å². The van der Waals surface area contributed by atoms with Crippen LogP contribution in [-0.2, 0) is 6.61 Å². The molecule has 0 radical (unpaired) electrons. The number of nitrogens with zero attached hydrogens (tertiary/aromatic N) is 4. The van der Waals surface area contributed by atoms with Gasteiger partial charge in [0.05, 0.1) is 52.3 Å². The number of halogens is 1. The molecule has 10 heteroatoms. The quantitative estimate of drug-likeness (QED) is 0.151. The van der Waals surface area contributed by atoms with E-state index in [-0.39, 0.29) is 18.0 Å². The van der Waals surface area contributed by atoms with Crippen molar-refractivity contribution in [3.05, 3.63) is 116 Å². The van der Waals surface area contributed by atoms with Crippen molar-refractivity contribution in [3.8, 4) is 34.9 Å². The van der Waals surface area contributed by atoms with Gasteiger partial charge in [0.1, 0.15) is 17.9 Å². The smallest absolute Gasteiger partial charge is 0.282 e. The Balaban J connectivity index is 1.41. The summed E-state index contributed by atoms with van der Waals surface area (Å²) in [5.74, 6) is 2.21. The summed E-state index contributed by atoms with van der Waals surface area (Å²) in [6.07, 6.45) is 1.55. The van der Waals surface area contributed by atoms with E-state index >= 15 is 0 Å². The van der Waals surface area contributed by atoms with Crippen molar-refractivity contribution < 1.29 is 18.6 Å². The number of para-hydroxylation sites is 1. The van der Waals surface area contributed by atoms with Crippen LogP contribution < -0.4 is 19.8 Å². The van der Waals surface area contributed by atoms with Crippen LogP contribution in [0.2, 0.25) is 0 Å². The summed E-state index contributed by atoms with van der Waals surface area (Å²) >= 11 is 3.60. The van der Waals surface area contributed by atoms with E-state index in [9.17, 15) is 10.1 Å². The monoisotopic (exact) mass is 648 g/mol. The van der Waals surface area contributed by atoms with Gasteiger partial charge < -0.3 is 18.6 Å². The van der Waals surface area contributed by atoms with Crippen LogP contribution in [0.15, 0.2) is 104 Å². The van der Waals surface area contributed by atoms with Crippen LogP contribution in [0.25, 0.3) is 33.5 Å². The minimum absolute atomic E-state index is 0.180. The summed E-state index contributed by atoms with van der Waals surface area (Å²) in [5.41, 5.74) is 2.70. The van der Waals surface area contributed by atoms with E-state index in [4.69, 9.17) is 23.6 Å². The fraction of sp³-hybridized carbons (Fsp3) is 0.118. The third-order valence-electron chi connectivity index (χ3n) is 6.88. The lowest BCUT2D eigenvalue weighted by atomic mass is 10.1. The maximum atomic E-state index is 13.7. The summed E-state index contributed by atoms with van der Waals surface area (Å²) in [7, 11) is 1.59. The molecule has 9 nitrogen and oxygen atoms in total. The lowest BCUT2D eigenvalue weighted by Gasteiger charge is -2.15. The molecule has 4 aromatic carbocycles. The molecule has 0 spiro atoms. The summed E-state index contributed by atoms with van der Waals surface area (Å²) in [5, 5.41) is 15.2. The fourth-order valence-electron chi connectivity index (χ4n) is 4.81. The Morgan fingerprint density at radius 1 is 1.00 bits per heavy atom. The van der Waals surface area contributed by atoms with Crippen molar-refractivity contribution in [3.63, 3.8) is 0 Å². The van der Waals surface area contributed by atoms with Gasteiger partial charge in [-0.1, -0.05) is 36.4 Å². The summed E-state index contributed by atoms with van der Waals surface area (Å²) in [6.45, 7) is 2.45. The Labute approximate surface area is 260 Å². The van der Waals surface area contributed by atoms with Crippen LogP contribution in [0.4, 0.5) is 0 Å². The number of hydrogen-bond acceptors (Lipinski definition) is 8. The average molecular weight is 650 g/mol. The molecule has 0 saturated heterocycles. The van der Waals surface area contributed by atoms with Gasteiger partial charge in [-0.05, 0) is 76.9 Å². The topological polar surface area (TPSA) is 112 Å². The number of ether oxygens (including phenoxy) is 3. The first-order valence-corrected chi connectivity index (χ1v) is 14.5. The van der Waals surface area contributed by atoms with E-state index in [1.807, 2.05) is 55.5 Å². The van der Waals surface area contributed by atoms with Gasteiger partial charge in [-0.15, -0.1) is 0 Å². The highest BCUT2D eigenvalue weighted by Gasteiger charge is 2.18. The van der Waals surface area contributed by atoms with Gasteiger partial charge in [0.15, 0.2) is 17.3 Å². The normalized spacial score (nSPS) is 11.2. The summed E-state index contributed by atoms with van der Waals surface area (Å²) in [4.78, 5) is 18.5. The van der Waals surface area contributed by atoms with Gasteiger partial charge >= 0.3 is 0 Å². The lowest BCUT2D eigenvalue weighted by molar-refractivity contribution is 0.267. The van der Waals surface area contributed by atoms with E-state index in [1.165, 1.54) is 4.68 Å². The zero-order valence-corrected chi connectivity index (χ0v) is 25.4. The molecular weight excluding hydrogens is 624 g/mol. The average Bonchev–Trinajstić information content (AvgIpc) is 3.49. The second kappa shape index (κ2) is 12.5. The Bertz CT molecular complexity index is 2140. The maximum absolute atomic E-state index is 13.7. The van der Waals surface area contributed by atoms with E-state index in [2.05, 4.69) is 27.1 Å². The molecule has 2 heterocycles. The van der Waals surface area contributed by atoms with Crippen LogP contribution in [0, 0.1) is 11.3 Å². The highest BCUT2D eigenvalue weighted by atomic mass is 79.9. The minimum Gasteiger partial charge on any atom is -0.496 e. The molecule has 0 unspecified atom stereocenters. The van der Waals surface area contributed by atoms with Crippen molar-refractivity contribution in [1.29, 1.82) is 5.26 Å². The van der Waals surface area contributed by atoms with E-state index < -0.39 is 0 Å². The molecule has 0 saturated carbocycles. The number of aromatic nitrogens is 2. The zero-order chi connectivity index (χ0) is 30.6. The molecular formula is C34H25BrN4O5. The highest BCUT2D eigenvalue weighted by molar-refractivity contribution is 9.10. The number of furan rings is 1. The molecule has 0 fully saturated rings. The molecule has 0 atom stereocenters. The van der Waals surface area contributed by atoms with E-state index in [1.54, 1.807) is 49.7 Å². The van der Waals surface area contributed by atoms with Crippen molar-refractivity contribution in [1.82, 2.24) is 9.66 Å². The molecule has 0 aliphatic heterocycles. The Hall–Kier alpha value is -5.40. The highest BCUT2D eigenvalue weighted by Crippen LogP contribution is 2.38. The van der Waals surface area contributed by atoms with Crippen LogP contribution in [-0.4, -0.2) is 29.6 Å². The predicted molar refractivity (Wildman–Crippen MR) is 172 cm³/mol. The van der Waals surface area contributed by atoms with Gasteiger partial charge in [0, 0.05) is 5.56 Å². The van der Waals surface area contributed by atoms with Gasteiger partial charge in [0.25, 0.3) is 5.56 Å². The molecule has 0 aliphatic rings. The fourth-order valence-corrected chi connectivity index (χ4v) is 5.38. The lowest BCUT2D eigenvalue weighted by Crippen LogP contribution is -2.20. The second-order valence-corrected chi connectivity index (χ2v) is 10.5. The Morgan fingerprint density at radius 2 is 1.82 bits per heavy atom. The molecule has 44 heavy (non-hydrogen) atoms. The summed E-state index contributed by atoms with van der Waals surface area (Å²) in [6, 6.07) is 27.4. The van der Waals surface area contributed by atoms with Crippen LogP contribution in [0.3, 0.4) is 0 Å². The number of methoxy groups -OCH3 is 1. The van der Waals surface area contributed by atoms with Gasteiger partial charge in [-0.2, -0.15) is 15.0 Å². The van der Waals surface area contributed by atoms with Crippen LogP contribution >= 0.6 is 15.9 Å². The first-order valence-electron chi connectivity index (χ1n) is 13.7. The standard InChI is InChI=1S/C34H25BrN4O5/c1-3-42-30-16-21(15-26(35)32(30)43-20-23-10-5-4-9-22(23)18-36)19-37-39-33(38-27-12-7-6-11-24(27)34(39)40)31-17-25-28(41-2)13-8-14-29(25)44-31/h4-17,19H,3,20H2,1-2H3. The molecule has 2 aromatic heterocycles. The molecule has 0 aliphatic carbocycles. The zero-order valence-electron chi connectivity index (χ0n) is 23.8.